The normalized spacial score (nSPS) is 15.8. The highest BCUT2D eigenvalue weighted by molar-refractivity contribution is 5.85. The van der Waals surface area contributed by atoms with Crippen LogP contribution in [0.4, 0.5) is 5.82 Å². The highest BCUT2D eigenvalue weighted by Crippen LogP contribution is 2.16. The molecule has 2 rings (SSSR count). The van der Waals surface area contributed by atoms with Crippen LogP contribution in [-0.2, 0) is 0 Å². The van der Waals surface area contributed by atoms with Crippen LogP contribution in [0.1, 0.15) is 12.0 Å². The standard InChI is InChI=1S/C11H14N4.ClH/c12-9-10-3-1-5-14-11(10)15-7-2-4-13-6-8-15;/h1,3,5,13H,2,4,6-8H2;1H. The second-order valence-corrected chi connectivity index (χ2v) is 3.58. The molecule has 4 nitrogen and oxygen atoms in total. The number of aromatic nitrogens is 1. The van der Waals surface area contributed by atoms with E-state index in [1.165, 1.54) is 0 Å². The molecule has 0 unspecified atom stereocenters. The van der Waals surface area contributed by atoms with E-state index < -0.39 is 0 Å². The molecule has 5 heteroatoms. The molecule has 1 saturated heterocycles. The number of pyridine rings is 1. The zero-order valence-corrected chi connectivity index (χ0v) is 9.83. The molecule has 86 valence electrons. The molecule has 2 heterocycles. The quantitative estimate of drug-likeness (QED) is 0.798. The van der Waals surface area contributed by atoms with E-state index in [1.807, 2.05) is 6.07 Å². The van der Waals surface area contributed by atoms with Crippen molar-refractivity contribution in [3.63, 3.8) is 0 Å². The molecule has 0 spiro atoms. The Hall–Kier alpha value is -1.31. The van der Waals surface area contributed by atoms with E-state index in [4.69, 9.17) is 5.26 Å². The minimum Gasteiger partial charge on any atom is -0.354 e. The van der Waals surface area contributed by atoms with Crippen LogP contribution in [0, 0.1) is 11.3 Å². The fraction of sp³-hybridized carbons (Fsp3) is 0.455. The zero-order valence-electron chi connectivity index (χ0n) is 9.02. The molecule has 0 amide bonds. The first-order chi connectivity index (χ1) is 7.42. The van der Waals surface area contributed by atoms with E-state index in [-0.39, 0.29) is 12.4 Å². The second-order valence-electron chi connectivity index (χ2n) is 3.58. The van der Waals surface area contributed by atoms with Crippen LogP contribution in [0.15, 0.2) is 18.3 Å². The van der Waals surface area contributed by atoms with Crippen LogP contribution in [0.25, 0.3) is 0 Å². The molecule has 0 saturated carbocycles. The topological polar surface area (TPSA) is 52.0 Å². The molecule has 1 aliphatic rings. The number of nitrogens with one attached hydrogen (secondary N) is 1. The van der Waals surface area contributed by atoms with E-state index in [9.17, 15) is 0 Å². The van der Waals surface area contributed by atoms with Gasteiger partial charge in [-0.3, -0.25) is 0 Å². The third-order valence-electron chi connectivity index (χ3n) is 2.55. The summed E-state index contributed by atoms with van der Waals surface area (Å²) in [6.07, 6.45) is 2.84. The van der Waals surface area contributed by atoms with Crippen molar-refractivity contribution in [3.8, 4) is 6.07 Å². The average molecular weight is 239 g/mol. The summed E-state index contributed by atoms with van der Waals surface area (Å²) in [5.74, 6) is 0.823. The highest BCUT2D eigenvalue weighted by atomic mass is 35.5. The van der Waals surface area contributed by atoms with Gasteiger partial charge in [0.2, 0.25) is 0 Å². The van der Waals surface area contributed by atoms with Gasteiger partial charge in [0.25, 0.3) is 0 Å². The Morgan fingerprint density at radius 1 is 1.38 bits per heavy atom. The third-order valence-corrected chi connectivity index (χ3v) is 2.55. The smallest absolute Gasteiger partial charge is 0.146 e. The Bertz CT molecular complexity index is 366. The molecule has 1 aromatic heterocycles. The van der Waals surface area contributed by atoms with Crippen LogP contribution >= 0.6 is 12.4 Å². The lowest BCUT2D eigenvalue weighted by atomic mass is 10.2. The molecule has 0 bridgehead atoms. The SMILES string of the molecule is Cl.N#Cc1cccnc1N1CCCNCC1. The summed E-state index contributed by atoms with van der Waals surface area (Å²) >= 11 is 0. The van der Waals surface area contributed by atoms with E-state index in [1.54, 1.807) is 12.3 Å². The van der Waals surface area contributed by atoms with E-state index in [0.717, 1.165) is 38.4 Å². The number of halogens is 1. The van der Waals surface area contributed by atoms with Gasteiger partial charge < -0.3 is 10.2 Å². The molecule has 1 aliphatic heterocycles. The summed E-state index contributed by atoms with van der Waals surface area (Å²) in [6.45, 7) is 3.90. The van der Waals surface area contributed by atoms with Crippen LogP contribution < -0.4 is 10.2 Å². The van der Waals surface area contributed by atoms with Crippen LogP contribution in [0.3, 0.4) is 0 Å². The van der Waals surface area contributed by atoms with Crippen LogP contribution in [0.5, 0.6) is 0 Å². The van der Waals surface area contributed by atoms with Crippen molar-refractivity contribution in [3.05, 3.63) is 23.9 Å². The van der Waals surface area contributed by atoms with E-state index >= 15 is 0 Å². The maximum Gasteiger partial charge on any atom is 0.146 e. The van der Waals surface area contributed by atoms with Crippen molar-refractivity contribution in [2.24, 2.45) is 0 Å². The van der Waals surface area contributed by atoms with Gasteiger partial charge in [0.1, 0.15) is 11.9 Å². The lowest BCUT2D eigenvalue weighted by molar-refractivity contribution is 0.724. The number of nitriles is 1. The van der Waals surface area contributed by atoms with Gasteiger partial charge in [-0.1, -0.05) is 0 Å². The fourth-order valence-corrected chi connectivity index (χ4v) is 1.79. The van der Waals surface area contributed by atoms with Crippen molar-refractivity contribution in [1.29, 1.82) is 5.26 Å². The fourth-order valence-electron chi connectivity index (χ4n) is 1.79. The summed E-state index contributed by atoms with van der Waals surface area (Å²) < 4.78 is 0. The summed E-state index contributed by atoms with van der Waals surface area (Å²) in [5.41, 5.74) is 0.666. The largest absolute Gasteiger partial charge is 0.354 e. The minimum atomic E-state index is 0. The summed E-state index contributed by atoms with van der Waals surface area (Å²) in [6, 6.07) is 5.81. The lowest BCUT2D eigenvalue weighted by Gasteiger charge is -2.21. The number of rotatable bonds is 1. The summed E-state index contributed by atoms with van der Waals surface area (Å²) in [4.78, 5) is 6.47. The average Bonchev–Trinajstić information content (AvgIpc) is 2.57. The maximum atomic E-state index is 8.99. The Balaban J connectivity index is 0.00000128. The Kier molecular flexibility index (Phi) is 5.03. The lowest BCUT2D eigenvalue weighted by Crippen LogP contribution is -2.29. The van der Waals surface area contributed by atoms with Crippen molar-refractivity contribution < 1.29 is 0 Å². The van der Waals surface area contributed by atoms with Crippen LogP contribution in [-0.4, -0.2) is 31.2 Å². The maximum absolute atomic E-state index is 8.99. The summed E-state index contributed by atoms with van der Waals surface area (Å²) in [7, 11) is 0. The monoisotopic (exact) mass is 238 g/mol. The van der Waals surface area contributed by atoms with Gasteiger partial charge in [-0.25, -0.2) is 4.98 Å². The Morgan fingerprint density at radius 3 is 3.06 bits per heavy atom. The molecule has 0 radical (unpaired) electrons. The van der Waals surface area contributed by atoms with E-state index in [2.05, 4.69) is 21.3 Å². The van der Waals surface area contributed by atoms with Gasteiger partial charge >= 0.3 is 0 Å². The van der Waals surface area contributed by atoms with Gasteiger partial charge in [0.15, 0.2) is 0 Å². The number of nitrogens with zero attached hydrogens (tertiary/aromatic N) is 3. The molecule has 1 N–H and O–H groups in total. The third kappa shape index (κ3) is 2.84. The molecule has 0 aromatic carbocycles. The summed E-state index contributed by atoms with van der Waals surface area (Å²) in [5, 5.41) is 12.3. The number of hydrogen-bond donors (Lipinski definition) is 1. The van der Waals surface area contributed by atoms with Gasteiger partial charge in [0.05, 0.1) is 5.56 Å². The molecular weight excluding hydrogens is 224 g/mol. The molecule has 0 aliphatic carbocycles. The molecular formula is C11H15ClN4. The van der Waals surface area contributed by atoms with Crippen molar-refractivity contribution >= 4 is 18.2 Å². The van der Waals surface area contributed by atoms with Crippen molar-refractivity contribution in [2.45, 2.75) is 6.42 Å². The predicted molar refractivity (Wildman–Crippen MR) is 65.9 cm³/mol. The zero-order chi connectivity index (χ0) is 10.5. The first-order valence-electron chi connectivity index (χ1n) is 5.22. The Morgan fingerprint density at radius 2 is 2.25 bits per heavy atom. The molecule has 16 heavy (non-hydrogen) atoms. The van der Waals surface area contributed by atoms with Crippen LogP contribution in [0.2, 0.25) is 0 Å². The van der Waals surface area contributed by atoms with Gasteiger partial charge in [-0.05, 0) is 25.1 Å². The van der Waals surface area contributed by atoms with Gasteiger partial charge in [-0.2, -0.15) is 5.26 Å². The predicted octanol–water partition coefficient (Wildman–Crippen LogP) is 1.17. The first kappa shape index (κ1) is 12.8. The van der Waals surface area contributed by atoms with Crippen molar-refractivity contribution in [2.75, 3.05) is 31.1 Å². The number of hydrogen-bond acceptors (Lipinski definition) is 4. The molecule has 1 fully saturated rings. The molecule has 0 atom stereocenters. The van der Waals surface area contributed by atoms with Crippen molar-refractivity contribution in [1.82, 2.24) is 10.3 Å². The molecule has 1 aromatic rings. The Labute approximate surface area is 102 Å². The first-order valence-corrected chi connectivity index (χ1v) is 5.22. The minimum absolute atomic E-state index is 0. The van der Waals surface area contributed by atoms with E-state index in [0.29, 0.717) is 5.56 Å². The van der Waals surface area contributed by atoms with Gasteiger partial charge in [-0.15, -0.1) is 12.4 Å². The van der Waals surface area contributed by atoms with Gasteiger partial charge in [0, 0.05) is 25.8 Å². The number of anilines is 1. The highest BCUT2D eigenvalue weighted by Gasteiger charge is 2.13. The second kappa shape index (κ2) is 6.31.